The molecule has 1 heterocycles. The van der Waals surface area contributed by atoms with E-state index in [0.29, 0.717) is 26.9 Å². The van der Waals surface area contributed by atoms with E-state index in [-0.39, 0.29) is 16.9 Å². The lowest BCUT2D eigenvalue weighted by Gasteiger charge is -2.13. The number of ketones is 1. The van der Waals surface area contributed by atoms with Crippen LogP contribution in [0.1, 0.15) is 15.9 Å². The fourth-order valence-electron chi connectivity index (χ4n) is 3.00. The minimum atomic E-state index is -0.515. The Balaban J connectivity index is 1.77. The number of benzene rings is 3. The molecule has 30 heavy (non-hydrogen) atoms. The van der Waals surface area contributed by atoms with Crippen LogP contribution in [-0.4, -0.2) is 21.1 Å². The highest BCUT2D eigenvalue weighted by atomic mass is 35.5. The lowest BCUT2D eigenvalue weighted by Crippen LogP contribution is -2.22. The molecule has 0 unspecified atom stereocenters. The van der Waals surface area contributed by atoms with Crippen LogP contribution in [0.3, 0.4) is 0 Å². The molecular weight excluding hydrogens is 423 g/mol. The summed E-state index contributed by atoms with van der Waals surface area (Å²) in [7, 11) is 0. The summed E-state index contributed by atoms with van der Waals surface area (Å²) in [6, 6.07) is 17.9. The molecule has 1 aromatic heterocycles. The summed E-state index contributed by atoms with van der Waals surface area (Å²) < 4.78 is 15.1. The van der Waals surface area contributed by atoms with E-state index in [1.54, 1.807) is 36.4 Å². The topological polar surface area (TPSA) is 52.0 Å². The molecule has 150 valence electrons. The first kappa shape index (κ1) is 20.3. The Kier molecular flexibility index (Phi) is 5.70. The van der Waals surface area contributed by atoms with Gasteiger partial charge in [-0.05, 0) is 49.4 Å². The zero-order chi connectivity index (χ0) is 21.3. The fraction of sp³-hybridized carbons (Fsp3) is 0.0870. The van der Waals surface area contributed by atoms with Crippen molar-refractivity contribution in [2.45, 2.75) is 12.1 Å². The quantitative estimate of drug-likeness (QED) is 0.236. The van der Waals surface area contributed by atoms with E-state index in [1.165, 1.54) is 22.8 Å². The van der Waals surface area contributed by atoms with E-state index in [4.69, 9.17) is 11.6 Å². The van der Waals surface area contributed by atoms with Crippen molar-refractivity contribution in [3.63, 3.8) is 0 Å². The zero-order valence-corrected chi connectivity index (χ0v) is 17.5. The number of nitrogens with zero attached hydrogens (tertiary/aromatic N) is 2. The number of rotatable bonds is 5. The van der Waals surface area contributed by atoms with Gasteiger partial charge in [0.05, 0.1) is 22.3 Å². The van der Waals surface area contributed by atoms with Gasteiger partial charge in [0.1, 0.15) is 5.82 Å². The van der Waals surface area contributed by atoms with Gasteiger partial charge in [0.15, 0.2) is 10.9 Å². The summed E-state index contributed by atoms with van der Waals surface area (Å²) in [6.07, 6.45) is 0. The second-order valence-corrected chi connectivity index (χ2v) is 8.13. The van der Waals surface area contributed by atoms with Crippen LogP contribution in [0, 0.1) is 12.7 Å². The molecule has 0 aliphatic heterocycles. The average Bonchev–Trinajstić information content (AvgIpc) is 2.74. The van der Waals surface area contributed by atoms with Gasteiger partial charge in [-0.1, -0.05) is 53.2 Å². The summed E-state index contributed by atoms with van der Waals surface area (Å²) in [5.74, 6) is -0.481. The van der Waals surface area contributed by atoms with E-state index in [9.17, 15) is 14.0 Å². The van der Waals surface area contributed by atoms with Crippen LogP contribution < -0.4 is 5.56 Å². The summed E-state index contributed by atoms with van der Waals surface area (Å²) in [5.41, 5.74) is 2.16. The maximum Gasteiger partial charge on any atom is 0.266 e. The average molecular weight is 439 g/mol. The van der Waals surface area contributed by atoms with Gasteiger partial charge in [0.2, 0.25) is 0 Å². The predicted molar refractivity (Wildman–Crippen MR) is 119 cm³/mol. The Morgan fingerprint density at radius 3 is 2.47 bits per heavy atom. The van der Waals surface area contributed by atoms with Gasteiger partial charge in [0, 0.05) is 10.6 Å². The van der Waals surface area contributed by atoms with Crippen molar-refractivity contribution in [3.8, 4) is 5.69 Å². The van der Waals surface area contributed by atoms with Crippen LogP contribution in [0.2, 0.25) is 5.02 Å². The SMILES string of the molecule is Cc1ccc(C(=O)CSc2nc3ccc(F)cc3c(=O)n2-c2ccc(Cl)cc2)cc1. The molecule has 3 aromatic carbocycles. The second kappa shape index (κ2) is 8.42. The normalized spacial score (nSPS) is 11.0. The lowest BCUT2D eigenvalue weighted by molar-refractivity contribution is 0.102. The second-order valence-electron chi connectivity index (χ2n) is 6.75. The van der Waals surface area contributed by atoms with Crippen LogP contribution in [-0.2, 0) is 0 Å². The summed E-state index contributed by atoms with van der Waals surface area (Å²) >= 11 is 7.14. The van der Waals surface area contributed by atoms with Crippen molar-refractivity contribution in [1.82, 2.24) is 9.55 Å². The van der Waals surface area contributed by atoms with Crippen LogP contribution >= 0.6 is 23.4 Å². The minimum absolute atomic E-state index is 0.0730. The number of carbonyl (C=O) groups is 1. The van der Waals surface area contributed by atoms with Crippen molar-refractivity contribution in [1.29, 1.82) is 0 Å². The maximum absolute atomic E-state index is 13.7. The fourth-order valence-corrected chi connectivity index (χ4v) is 4.04. The Hall–Kier alpha value is -2.96. The van der Waals surface area contributed by atoms with E-state index in [0.717, 1.165) is 17.3 Å². The Bertz CT molecular complexity index is 1300. The molecule has 0 aliphatic rings. The molecule has 4 rings (SSSR count). The predicted octanol–water partition coefficient (Wildman–Crippen LogP) is 5.46. The Morgan fingerprint density at radius 1 is 1.07 bits per heavy atom. The highest BCUT2D eigenvalue weighted by Crippen LogP contribution is 2.23. The molecule has 0 atom stereocenters. The van der Waals surface area contributed by atoms with Crippen molar-refractivity contribution < 1.29 is 9.18 Å². The van der Waals surface area contributed by atoms with Crippen LogP contribution in [0.4, 0.5) is 4.39 Å². The van der Waals surface area contributed by atoms with Crippen molar-refractivity contribution in [2.24, 2.45) is 0 Å². The number of aromatic nitrogens is 2. The first-order chi connectivity index (χ1) is 14.4. The number of thioether (sulfide) groups is 1. The molecule has 0 radical (unpaired) electrons. The molecule has 0 fully saturated rings. The zero-order valence-electron chi connectivity index (χ0n) is 15.9. The monoisotopic (exact) mass is 438 g/mol. The standard InChI is InChI=1S/C23H16ClFN2O2S/c1-14-2-4-15(5-3-14)21(28)13-30-23-26-20-11-8-17(25)12-19(20)22(29)27(23)18-9-6-16(24)7-10-18/h2-12H,13H2,1H3. The van der Waals surface area contributed by atoms with Gasteiger partial charge in [0.25, 0.3) is 5.56 Å². The smallest absolute Gasteiger partial charge is 0.266 e. The van der Waals surface area contributed by atoms with Gasteiger partial charge < -0.3 is 0 Å². The van der Waals surface area contributed by atoms with E-state index >= 15 is 0 Å². The van der Waals surface area contributed by atoms with E-state index in [1.807, 2.05) is 19.1 Å². The van der Waals surface area contributed by atoms with Gasteiger partial charge in [-0.2, -0.15) is 0 Å². The molecule has 4 nitrogen and oxygen atoms in total. The third-order valence-electron chi connectivity index (χ3n) is 4.59. The molecule has 0 bridgehead atoms. The van der Waals surface area contributed by atoms with Gasteiger partial charge in [-0.3, -0.25) is 14.2 Å². The molecule has 7 heteroatoms. The van der Waals surface area contributed by atoms with Crippen molar-refractivity contribution in [3.05, 3.63) is 99.1 Å². The Morgan fingerprint density at radius 2 is 1.77 bits per heavy atom. The molecule has 0 N–H and O–H groups in total. The molecule has 0 saturated heterocycles. The third-order valence-corrected chi connectivity index (χ3v) is 5.78. The molecule has 0 aliphatic carbocycles. The van der Waals surface area contributed by atoms with Gasteiger partial charge in [-0.25, -0.2) is 9.37 Å². The number of halogens is 2. The summed E-state index contributed by atoms with van der Waals surface area (Å²) in [6.45, 7) is 1.95. The largest absolute Gasteiger partial charge is 0.293 e. The summed E-state index contributed by atoms with van der Waals surface area (Å²) in [5, 5.41) is 1.04. The summed E-state index contributed by atoms with van der Waals surface area (Å²) in [4.78, 5) is 30.3. The Labute approximate surface area is 181 Å². The first-order valence-electron chi connectivity index (χ1n) is 9.13. The van der Waals surface area contributed by atoms with Gasteiger partial charge >= 0.3 is 0 Å². The van der Waals surface area contributed by atoms with E-state index < -0.39 is 11.4 Å². The number of Topliss-reactive ketones (excluding diaryl/α,β-unsaturated/α-hetero) is 1. The van der Waals surface area contributed by atoms with Crippen LogP contribution in [0.15, 0.2) is 76.7 Å². The lowest BCUT2D eigenvalue weighted by atomic mass is 10.1. The highest BCUT2D eigenvalue weighted by Gasteiger charge is 2.16. The number of carbonyl (C=O) groups excluding carboxylic acids is 1. The molecule has 0 amide bonds. The van der Waals surface area contributed by atoms with Crippen molar-refractivity contribution >= 4 is 40.0 Å². The molecule has 0 spiro atoms. The van der Waals surface area contributed by atoms with Crippen molar-refractivity contribution in [2.75, 3.05) is 5.75 Å². The third kappa shape index (κ3) is 4.15. The number of fused-ring (bicyclic) bond motifs is 1. The number of hydrogen-bond acceptors (Lipinski definition) is 4. The first-order valence-corrected chi connectivity index (χ1v) is 10.5. The number of hydrogen-bond donors (Lipinski definition) is 0. The molecular formula is C23H16ClFN2O2S. The van der Waals surface area contributed by atoms with Gasteiger partial charge in [-0.15, -0.1) is 0 Å². The van der Waals surface area contributed by atoms with Crippen LogP contribution in [0.25, 0.3) is 16.6 Å². The number of aryl methyl sites for hydroxylation is 1. The molecule has 4 aromatic rings. The molecule has 0 saturated carbocycles. The van der Waals surface area contributed by atoms with Crippen LogP contribution in [0.5, 0.6) is 0 Å². The highest BCUT2D eigenvalue weighted by molar-refractivity contribution is 7.99. The van der Waals surface area contributed by atoms with E-state index in [2.05, 4.69) is 4.98 Å². The minimum Gasteiger partial charge on any atom is -0.293 e. The maximum atomic E-state index is 13.7.